The zero-order chi connectivity index (χ0) is 16.9. The largest absolute Gasteiger partial charge is 0.493 e. The van der Waals surface area contributed by atoms with Gasteiger partial charge < -0.3 is 18.6 Å². The van der Waals surface area contributed by atoms with Crippen LogP contribution in [0.4, 0.5) is 0 Å². The summed E-state index contributed by atoms with van der Waals surface area (Å²) in [5.74, 6) is 0.762. The number of methoxy groups -OCH3 is 2. The van der Waals surface area contributed by atoms with Gasteiger partial charge >= 0.3 is 5.97 Å². The fourth-order valence-corrected chi connectivity index (χ4v) is 2.06. The van der Waals surface area contributed by atoms with Gasteiger partial charge in [0.15, 0.2) is 11.5 Å². The van der Waals surface area contributed by atoms with E-state index < -0.39 is 5.97 Å². The molecule has 2 aromatic heterocycles. The van der Waals surface area contributed by atoms with E-state index in [0.717, 1.165) is 5.56 Å². The molecule has 0 unspecified atom stereocenters. The highest BCUT2D eigenvalue weighted by Gasteiger charge is 2.13. The summed E-state index contributed by atoms with van der Waals surface area (Å²) in [4.78, 5) is 11.8. The number of benzene rings is 1. The lowest BCUT2D eigenvalue weighted by atomic mass is 10.1. The molecule has 2 heterocycles. The van der Waals surface area contributed by atoms with Crippen LogP contribution in [0.1, 0.15) is 10.6 Å². The fourth-order valence-electron chi connectivity index (χ4n) is 2.06. The second-order valence-corrected chi connectivity index (χ2v) is 4.69. The molecular formula is C17H14N2O5. The molecule has 0 radical (unpaired) electrons. The zero-order valence-corrected chi connectivity index (χ0v) is 13.1. The molecule has 0 aliphatic rings. The Morgan fingerprint density at radius 1 is 1.00 bits per heavy atom. The quantitative estimate of drug-likeness (QED) is 0.666. The smallest absolute Gasteiger partial charge is 0.380 e. The van der Waals surface area contributed by atoms with Crippen molar-refractivity contribution in [2.45, 2.75) is 0 Å². The minimum absolute atomic E-state index is 0.0839. The van der Waals surface area contributed by atoms with Crippen LogP contribution >= 0.6 is 0 Å². The predicted octanol–water partition coefficient (Wildman–Crippen LogP) is 2.97. The summed E-state index contributed by atoms with van der Waals surface area (Å²) in [5.41, 5.74) is 1.40. The van der Waals surface area contributed by atoms with Crippen LogP contribution in [0.3, 0.4) is 0 Å². The molecule has 3 aromatic rings. The topological polar surface area (TPSA) is 83.7 Å². The molecule has 0 fully saturated rings. The van der Waals surface area contributed by atoms with E-state index in [1.165, 1.54) is 12.3 Å². The van der Waals surface area contributed by atoms with Gasteiger partial charge in [-0.3, -0.25) is 0 Å². The maximum absolute atomic E-state index is 11.8. The summed E-state index contributed by atoms with van der Waals surface area (Å²) in [6, 6.07) is 11.8. The van der Waals surface area contributed by atoms with Crippen molar-refractivity contribution in [3.05, 3.63) is 54.5 Å². The van der Waals surface area contributed by atoms with Gasteiger partial charge in [-0.1, -0.05) is 0 Å². The highest BCUT2D eigenvalue weighted by molar-refractivity contribution is 5.87. The summed E-state index contributed by atoms with van der Waals surface area (Å²) in [6.07, 6.45) is 1.39. The van der Waals surface area contributed by atoms with Gasteiger partial charge in [-0.2, -0.15) is 0 Å². The van der Waals surface area contributed by atoms with Gasteiger partial charge in [0.1, 0.15) is 0 Å². The molecule has 0 saturated heterocycles. The standard InChI is InChI=1S/C17H14N2O5/c1-21-13-7-5-11(10-15(13)22-2)12-6-8-16(19-18-12)24-17(20)14-4-3-9-23-14/h3-10H,1-2H3. The summed E-state index contributed by atoms with van der Waals surface area (Å²) < 4.78 is 20.5. The minimum atomic E-state index is -0.631. The maximum atomic E-state index is 11.8. The molecule has 7 heteroatoms. The van der Waals surface area contributed by atoms with Crippen LogP contribution in [0.2, 0.25) is 0 Å². The fraction of sp³-hybridized carbons (Fsp3) is 0.118. The molecule has 0 N–H and O–H groups in total. The lowest BCUT2D eigenvalue weighted by molar-refractivity contribution is 0.0692. The normalized spacial score (nSPS) is 10.2. The number of carbonyl (C=O) groups excluding carboxylic acids is 1. The van der Waals surface area contributed by atoms with Crippen LogP contribution in [0.25, 0.3) is 11.3 Å². The molecule has 7 nitrogen and oxygen atoms in total. The molecule has 24 heavy (non-hydrogen) atoms. The van der Waals surface area contributed by atoms with E-state index in [4.69, 9.17) is 18.6 Å². The SMILES string of the molecule is COc1ccc(-c2ccc(OC(=O)c3ccco3)nn2)cc1OC. The summed E-state index contributed by atoms with van der Waals surface area (Å²) in [7, 11) is 3.13. The number of ether oxygens (including phenoxy) is 3. The van der Waals surface area contributed by atoms with E-state index >= 15 is 0 Å². The van der Waals surface area contributed by atoms with Gasteiger partial charge in [-0.15, -0.1) is 10.2 Å². The van der Waals surface area contributed by atoms with E-state index in [9.17, 15) is 4.79 Å². The second-order valence-electron chi connectivity index (χ2n) is 4.69. The van der Waals surface area contributed by atoms with Crippen molar-refractivity contribution >= 4 is 5.97 Å². The molecule has 0 bridgehead atoms. The van der Waals surface area contributed by atoms with E-state index in [-0.39, 0.29) is 11.6 Å². The Morgan fingerprint density at radius 3 is 2.46 bits per heavy atom. The third-order valence-corrected chi connectivity index (χ3v) is 3.24. The van der Waals surface area contributed by atoms with E-state index in [1.54, 1.807) is 44.6 Å². The number of furan rings is 1. The highest BCUT2D eigenvalue weighted by atomic mass is 16.6. The van der Waals surface area contributed by atoms with Crippen LogP contribution < -0.4 is 14.2 Å². The van der Waals surface area contributed by atoms with Crippen LogP contribution in [-0.2, 0) is 0 Å². The molecule has 0 aliphatic carbocycles. The average Bonchev–Trinajstić information content (AvgIpc) is 3.16. The number of nitrogens with zero attached hydrogens (tertiary/aromatic N) is 2. The van der Waals surface area contributed by atoms with Crippen LogP contribution in [0, 0.1) is 0 Å². The number of rotatable bonds is 5. The monoisotopic (exact) mass is 326 g/mol. The Bertz CT molecular complexity index is 829. The first kappa shape index (κ1) is 15.5. The Hall–Kier alpha value is -3.35. The Balaban J connectivity index is 1.78. The van der Waals surface area contributed by atoms with Gasteiger partial charge in [-0.25, -0.2) is 4.79 Å². The van der Waals surface area contributed by atoms with Crippen molar-refractivity contribution < 1.29 is 23.4 Å². The first-order valence-corrected chi connectivity index (χ1v) is 7.03. The maximum Gasteiger partial charge on any atom is 0.380 e. The zero-order valence-electron chi connectivity index (χ0n) is 13.1. The molecule has 0 saturated carbocycles. The Morgan fingerprint density at radius 2 is 1.83 bits per heavy atom. The molecule has 122 valence electrons. The highest BCUT2D eigenvalue weighted by Crippen LogP contribution is 2.31. The van der Waals surface area contributed by atoms with Crippen molar-refractivity contribution in [1.82, 2.24) is 10.2 Å². The molecule has 0 aliphatic heterocycles. The molecule has 1 aromatic carbocycles. The lowest BCUT2D eigenvalue weighted by Gasteiger charge is -2.09. The van der Waals surface area contributed by atoms with Crippen LogP contribution in [0.5, 0.6) is 17.4 Å². The molecule has 0 amide bonds. The third kappa shape index (κ3) is 3.19. The Kier molecular flexibility index (Phi) is 4.42. The predicted molar refractivity (Wildman–Crippen MR) is 84.2 cm³/mol. The number of aromatic nitrogens is 2. The van der Waals surface area contributed by atoms with Crippen molar-refractivity contribution in [2.75, 3.05) is 14.2 Å². The number of hydrogen-bond acceptors (Lipinski definition) is 7. The van der Waals surface area contributed by atoms with Crippen molar-refractivity contribution in [3.63, 3.8) is 0 Å². The van der Waals surface area contributed by atoms with Crippen molar-refractivity contribution in [1.29, 1.82) is 0 Å². The lowest BCUT2D eigenvalue weighted by Crippen LogP contribution is -2.08. The van der Waals surface area contributed by atoms with E-state index in [0.29, 0.717) is 17.2 Å². The third-order valence-electron chi connectivity index (χ3n) is 3.24. The van der Waals surface area contributed by atoms with E-state index in [1.807, 2.05) is 6.07 Å². The van der Waals surface area contributed by atoms with Gasteiger partial charge in [0.25, 0.3) is 0 Å². The summed E-state index contributed by atoms with van der Waals surface area (Å²) in [5, 5.41) is 7.96. The number of esters is 1. The van der Waals surface area contributed by atoms with Crippen molar-refractivity contribution in [3.8, 4) is 28.6 Å². The van der Waals surface area contributed by atoms with Gasteiger partial charge in [-0.05, 0) is 36.4 Å². The van der Waals surface area contributed by atoms with Crippen molar-refractivity contribution in [2.24, 2.45) is 0 Å². The molecule has 0 atom stereocenters. The molecular weight excluding hydrogens is 312 g/mol. The van der Waals surface area contributed by atoms with E-state index in [2.05, 4.69) is 10.2 Å². The molecule has 0 spiro atoms. The van der Waals surface area contributed by atoms with Gasteiger partial charge in [0.05, 0.1) is 26.2 Å². The summed E-state index contributed by atoms with van der Waals surface area (Å²) in [6.45, 7) is 0. The van der Waals surface area contributed by atoms with Gasteiger partial charge in [0.2, 0.25) is 11.6 Å². The summed E-state index contributed by atoms with van der Waals surface area (Å²) >= 11 is 0. The minimum Gasteiger partial charge on any atom is -0.493 e. The molecule has 3 rings (SSSR count). The number of hydrogen-bond donors (Lipinski definition) is 0. The first-order valence-electron chi connectivity index (χ1n) is 7.03. The second kappa shape index (κ2) is 6.82. The van der Waals surface area contributed by atoms with Crippen LogP contribution in [0.15, 0.2) is 53.1 Å². The Labute approximate surface area is 137 Å². The average molecular weight is 326 g/mol. The number of carbonyl (C=O) groups is 1. The first-order chi connectivity index (χ1) is 11.7. The van der Waals surface area contributed by atoms with Gasteiger partial charge in [0, 0.05) is 11.6 Å². The van der Waals surface area contributed by atoms with Crippen LogP contribution in [-0.4, -0.2) is 30.4 Å².